The molecular weight excluding hydrogens is 355 g/mol. The van der Waals surface area contributed by atoms with E-state index < -0.39 is 11.7 Å². The first-order chi connectivity index (χ1) is 12.6. The number of carbonyl (C=O) groups is 1. The fraction of sp³-hybridized carbons (Fsp3) is 0. The Hall–Kier alpha value is -3.43. The highest BCUT2D eigenvalue weighted by atomic mass is 35.5. The Kier molecular flexibility index (Phi) is 5.11. The van der Waals surface area contributed by atoms with Gasteiger partial charge in [0.05, 0.1) is 34.1 Å². The molecule has 0 fully saturated rings. The largest absolute Gasteiger partial charge is 0.340 e. The minimum absolute atomic E-state index is 0.0366. The summed E-state index contributed by atoms with van der Waals surface area (Å²) in [7, 11) is 0. The molecule has 7 heteroatoms. The van der Waals surface area contributed by atoms with E-state index >= 15 is 0 Å². The van der Waals surface area contributed by atoms with Crippen LogP contribution in [0.25, 0.3) is 0 Å². The van der Waals surface area contributed by atoms with Crippen LogP contribution >= 0.6 is 11.6 Å². The smallest absolute Gasteiger partial charge is 0.260 e. The van der Waals surface area contributed by atoms with Crippen LogP contribution < -0.4 is 10.6 Å². The monoisotopic (exact) mass is 366 g/mol. The van der Waals surface area contributed by atoms with Crippen LogP contribution in [0.15, 0.2) is 60.8 Å². The maximum absolute atomic E-state index is 13.8. The van der Waals surface area contributed by atoms with Gasteiger partial charge in [0.1, 0.15) is 11.6 Å². The molecule has 3 rings (SSSR count). The van der Waals surface area contributed by atoms with Crippen LogP contribution in [0.5, 0.6) is 0 Å². The summed E-state index contributed by atoms with van der Waals surface area (Å²) in [5, 5.41) is 14.5. The zero-order valence-electron chi connectivity index (χ0n) is 13.3. The van der Waals surface area contributed by atoms with Crippen molar-refractivity contribution in [2.24, 2.45) is 0 Å². The Morgan fingerprint density at radius 2 is 1.81 bits per heavy atom. The number of carbonyl (C=O) groups excluding carboxylic acids is 1. The Morgan fingerprint density at radius 3 is 2.42 bits per heavy atom. The summed E-state index contributed by atoms with van der Waals surface area (Å²) in [6.45, 7) is 0. The second-order valence-electron chi connectivity index (χ2n) is 5.30. The predicted octanol–water partition coefficient (Wildman–Crippen LogP) is 4.74. The molecule has 0 aliphatic carbocycles. The normalized spacial score (nSPS) is 10.0. The summed E-state index contributed by atoms with van der Waals surface area (Å²) in [5.41, 5.74) is 1.52. The number of hydrogen-bond donors (Lipinski definition) is 2. The first-order valence-electron chi connectivity index (χ1n) is 7.55. The van der Waals surface area contributed by atoms with E-state index in [2.05, 4.69) is 15.6 Å². The zero-order chi connectivity index (χ0) is 18.5. The van der Waals surface area contributed by atoms with Crippen molar-refractivity contribution in [1.29, 1.82) is 5.26 Å². The highest BCUT2D eigenvalue weighted by molar-refractivity contribution is 6.34. The number of aromatic nitrogens is 1. The molecule has 0 spiro atoms. The van der Waals surface area contributed by atoms with Crippen molar-refractivity contribution in [2.75, 3.05) is 10.6 Å². The number of anilines is 3. The van der Waals surface area contributed by atoms with Crippen molar-refractivity contribution in [1.82, 2.24) is 4.98 Å². The van der Waals surface area contributed by atoms with Gasteiger partial charge in [0, 0.05) is 5.69 Å². The Labute approximate surface area is 154 Å². The SMILES string of the molecule is N#Cc1ccc(Nc2ccc(NC(=O)c3c(F)cccc3Cl)cn2)cc1. The molecule has 0 unspecified atom stereocenters. The van der Waals surface area contributed by atoms with Gasteiger partial charge in [-0.25, -0.2) is 9.37 Å². The summed E-state index contributed by atoms with van der Waals surface area (Å²) in [6.07, 6.45) is 1.44. The molecule has 5 nitrogen and oxygen atoms in total. The van der Waals surface area contributed by atoms with Crippen LogP contribution in [0.2, 0.25) is 5.02 Å². The van der Waals surface area contributed by atoms with Gasteiger partial charge in [-0.05, 0) is 48.5 Å². The van der Waals surface area contributed by atoms with E-state index in [4.69, 9.17) is 16.9 Å². The number of halogens is 2. The maximum Gasteiger partial charge on any atom is 0.260 e. The average Bonchev–Trinajstić information content (AvgIpc) is 2.64. The fourth-order valence-corrected chi connectivity index (χ4v) is 2.47. The molecule has 2 N–H and O–H groups in total. The molecule has 0 saturated carbocycles. The fourth-order valence-electron chi connectivity index (χ4n) is 2.23. The predicted molar refractivity (Wildman–Crippen MR) is 98.0 cm³/mol. The lowest BCUT2D eigenvalue weighted by Crippen LogP contribution is -2.14. The molecule has 128 valence electrons. The summed E-state index contributed by atoms with van der Waals surface area (Å²) >= 11 is 5.88. The van der Waals surface area contributed by atoms with E-state index in [1.807, 2.05) is 6.07 Å². The van der Waals surface area contributed by atoms with Gasteiger partial charge in [-0.15, -0.1) is 0 Å². The van der Waals surface area contributed by atoms with Crippen molar-refractivity contribution in [3.63, 3.8) is 0 Å². The quantitative estimate of drug-likeness (QED) is 0.699. The molecule has 0 radical (unpaired) electrons. The van der Waals surface area contributed by atoms with E-state index in [0.717, 1.165) is 5.69 Å². The molecule has 2 aromatic carbocycles. The molecule has 26 heavy (non-hydrogen) atoms. The molecule has 0 bridgehead atoms. The number of pyridine rings is 1. The van der Waals surface area contributed by atoms with Crippen LogP contribution in [0, 0.1) is 17.1 Å². The number of amides is 1. The number of benzene rings is 2. The second-order valence-corrected chi connectivity index (χ2v) is 5.70. The van der Waals surface area contributed by atoms with E-state index in [0.29, 0.717) is 17.1 Å². The topological polar surface area (TPSA) is 77.8 Å². The first-order valence-corrected chi connectivity index (χ1v) is 7.93. The molecule has 1 aromatic heterocycles. The van der Waals surface area contributed by atoms with Crippen molar-refractivity contribution >= 4 is 34.7 Å². The van der Waals surface area contributed by atoms with E-state index in [9.17, 15) is 9.18 Å². The van der Waals surface area contributed by atoms with Gasteiger partial charge in [-0.3, -0.25) is 4.79 Å². The highest BCUT2D eigenvalue weighted by Crippen LogP contribution is 2.21. The zero-order valence-corrected chi connectivity index (χ0v) is 14.1. The number of nitrogens with one attached hydrogen (secondary N) is 2. The number of hydrogen-bond acceptors (Lipinski definition) is 4. The van der Waals surface area contributed by atoms with Gasteiger partial charge in [0.25, 0.3) is 5.91 Å². The average molecular weight is 367 g/mol. The van der Waals surface area contributed by atoms with Gasteiger partial charge in [0.15, 0.2) is 0 Å². The van der Waals surface area contributed by atoms with Crippen LogP contribution in [0.1, 0.15) is 15.9 Å². The van der Waals surface area contributed by atoms with Gasteiger partial charge in [-0.2, -0.15) is 5.26 Å². The molecule has 0 atom stereocenters. The van der Waals surface area contributed by atoms with Crippen LogP contribution in [0.3, 0.4) is 0 Å². The van der Waals surface area contributed by atoms with Crippen LogP contribution in [0.4, 0.5) is 21.6 Å². The molecule has 1 amide bonds. The highest BCUT2D eigenvalue weighted by Gasteiger charge is 2.15. The number of nitriles is 1. The Balaban J connectivity index is 1.69. The Bertz CT molecular complexity index is 962. The van der Waals surface area contributed by atoms with Gasteiger partial charge in [-0.1, -0.05) is 17.7 Å². The first kappa shape index (κ1) is 17.4. The lowest BCUT2D eigenvalue weighted by Gasteiger charge is -2.09. The lowest BCUT2D eigenvalue weighted by atomic mass is 10.2. The summed E-state index contributed by atoms with van der Waals surface area (Å²) in [6, 6.07) is 16.3. The molecule has 0 aliphatic heterocycles. The molecule has 1 heterocycles. The lowest BCUT2D eigenvalue weighted by molar-refractivity contribution is 0.102. The molecule has 0 saturated heterocycles. The molecular formula is C19H12ClFN4O. The molecule has 3 aromatic rings. The third-order valence-corrected chi connectivity index (χ3v) is 3.81. The van der Waals surface area contributed by atoms with E-state index in [-0.39, 0.29) is 10.6 Å². The number of nitrogens with zero attached hydrogens (tertiary/aromatic N) is 2. The van der Waals surface area contributed by atoms with Gasteiger partial charge in [0.2, 0.25) is 0 Å². The van der Waals surface area contributed by atoms with Crippen molar-refractivity contribution in [3.8, 4) is 6.07 Å². The standard InChI is InChI=1S/C19H12ClFN4O/c20-15-2-1-3-16(21)18(15)19(26)25-14-8-9-17(23-11-14)24-13-6-4-12(10-22)5-7-13/h1-9,11H,(H,23,24)(H,25,26). The summed E-state index contributed by atoms with van der Waals surface area (Å²) in [4.78, 5) is 16.4. The van der Waals surface area contributed by atoms with Crippen molar-refractivity contribution < 1.29 is 9.18 Å². The third-order valence-electron chi connectivity index (χ3n) is 3.50. The minimum Gasteiger partial charge on any atom is -0.340 e. The van der Waals surface area contributed by atoms with E-state index in [1.165, 1.54) is 24.4 Å². The molecule has 0 aliphatic rings. The van der Waals surface area contributed by atoms with E-state index in [1.54, 1.807) is 36.4 Å². The Morgan fingerprint density at radius 1 is 1.08 bits per heavy atom. The third kappa shape index (κ3) is 3.97. The summed E-state index contributed by atoms with van der Waals surface area (Å²) in [5.74, 6) is -0.790. The summed E-state index contributed by atoms with van der Waals surface area (Å²) < 4.78 is 13.8. The maximum atomic E-state index is 13.8. The second kappa shape index (κ2) is 7.64. The van der Waals surface area contributed by atoms with Crippen LogP contribution in [-0.4, -0.2) is 10.9 Å². The minimum atomic E-state index is -0.693. The van der Waals surface area contributed by atoms with Crippen molar-refractivity contribution in [3.05, 3.63) is 82.8 Å². The van der Waals surface area contributed by atoms with Crippen molar-refractivity contribution in [2.45, 2.75) is 0 Å². The number of rotatable bonds is 4. The van der Waals surface area contributed by atoms with Crippen LogP contribution in [-0.2, 0) is 0 Å². The van der Waals surface area contributed by atoms with Gasteiger partial charge < -0.3 is 10.6 Å². The van der Waals surface area contributed by atoms with Gasteiger partial charge >= 0.3 is 0 Å².